The fourth-order valence-corrected chi connectivity index (χ4v) is 1.41. The average Bonchev–Trinajstić information content (AvgIpc) is 2.23. The second kappa shape index (κ2) is 5.91. The molecule has 0 saturated heterocycles. The summed E-state index contributed by atoms with van der Waals surface area (Å²) in [7, 11) is 0. The minimum Gasteiger partial charge on any atom is -0.493 e. The largest absolute Gasteiger partial charge is 0.493 e. The van der Waals surface area contributed by atoms with Gasteiger partial charge in [-0.15, -0.1) is 0 Å². The van der Waals surface area contributed by atoms with Crippen molar-refractivity contribution in [3.63, 3.8) is 0 Å². The van der Waals surface area contributed by atoms with Gasteiger partial charge in [0.1, 0.15) is 5.75 Å². The van der Waals surface area contributed by atoms with E-state index >= 15 is 0 Å². The Labute approximate surface area is 98.0 Å². The summed E-state index contributed by atoms with van der Waals surface area (Å²) in [5.41, 5.74) is 0.583. The number of hydrogen-bond acceptors (Lipinski definition) is 2. The lowest BCUT2D eigenvalue weighted by molar-refractivity contribution is -0.136. The highest BCUT2D eigenvalue weighted by atomic mass is 19.4. The number of benzene rings is 1. The molecule has 2 nitrogen and oxygen atoms in total. The van der Waals surface area contributed by atoms with Crippen LogP contribution < -0.4 is 4.74 Å². The minimum absolute atomic E-state index is 0.0107. The van der Waals surface area contributed by atoms with E-state index in [2.05, 4.69) is 0 Å². The summed E-state index contributed by atoms with van der Waals surface area (Å²) in [6, 6.07) is 6.77. The molecule has 0 aliphatic carbocycles. The Bertz CT molecular complexity index is 348. The zero-order valence-electron chi connectivity index (χ0n) is 9.50. The number of ether oxygens (including phenoxy) is 1. The van der Waals surface area contributed by atoms with E-state index in [9.17, 15) is 18.3 Å². The first kappa shape index (κ1) is 13.8. The van der Waals surface area contributed by atoms with Crippen LogP contribution in [0.3, 0.4) is 0 Å². The summed E-state index contributed by atoms with van der Waals surface area (Å²) in [4.78, 5) is 0. The summed E-state index contributed by atoms with van der Waals surface area (Å²) in [6.07, 6.45) is -5.79. The molecule has 0 radical (unpaired) electrons. The van der Waals surface area contributed by atoms with Crippen molar-refractivity contribution in [2.24, 2.45) is 0 Å². The zero-order chi connectivity index (χ0) is 12.9. The fourth-order valence-electron chi connectivity index (χ4n) is 1.41. The number of aliphatic hydroxyl groups excluding tert-OH is 1. The van der Waals surface area contributed by atoms with Crippen molar-refractivity contribution in [1.82, 2.24) is 0 Å². The molecule has 1 N–H and O–H groups in total. The van der Waals surface area contributed by atoms with Gasteiger partial charge in [-0.25, -0.2) is 0 Å². The molecule has 0 saturated carbocycles. The third kappa shape index (κ3) is 5.08. The topological polar surface area (TPSA) is 29.5 Å². The number of para-hydroxylation sites is 1. The maximum absolute atomic E-state index is 11.9. The predicted octanol–water partition coefficient (Wildman–Crippen LogP) is 3.46. The third-order valence-corrected chi connectivity index (χ3v) is 2.23. The quantitative estimate of drug-likeness (QED) is 0.808. The SMILES string of the molecule is CC(O)c1ccccc1OCCCC(F)(F)F. The zero-order valence-corrected chi connectivity index (χ0v) is 9.50. The first-order valence-corrected chi connectivity index (χ1v) is 5.36. The van der Waals surface area contributed by atoms with E-state index in [4.69, 9.17) is 4.74 Å². The Morgan fingerprint density at radius 2 is 1.94 bits per heavy atom. The maximum atomic E-state index is 11.9. The van der Waals surface area contributed by atoms with Crippen LogP contribution in [0.25, 0.3) is 0 Å². The maximum Gasteiger partial charge on any atom is 0.389 e. The first-order chi connectivity index (χ1) is 7.90. The van der Waals surface area contributed by atoms with E-state index in [1.54, 1.807) is 31.2 Å². The van der Waals surface area contributed by atoms with Crippen molar-refractivity contribution < 1.29 is 23.0 Å². The van der Waals surface area contributed by atoms with Crippen molar-refractivity contribution in [2.75, 3.05) is 6.61 Å². The van der Waals surface area contributed by atoms with Gasteiger partial charge in [-0.1, -0.05) is 18.2 Å². The van der Waals surface area contributed by atoms with Gasteiger partial charge < -0.3 is 9.84 Å². The van der Waals surface area contributed by atoms with Gasteiger partial charge in [0, 0.05) is 12.0 Å². The van der Waals surface area contributed by atoms with Crippen LogP contribution in [-0.4, -0.2) is 17.9 Å². The molecule has 0 bridgehead atoms. The monoisotopic (exact) mass is 248 g/mol. The predicted molar refractivity (Wildman–Crippen MR) is 57.9 cm³/mol. The van der Waals surface area contributed by atoms with Crippen LogP contribution in [0.15, 0.2) is 24.3 Å². The van der Waals surface area contributed by atoms with Crippen LogP contribution in [-0.2, 0) is 0 Å². The molecule has 1 unspecified atom stereocenters. The second-order valence-corrected chi connectivity index (χ2v) is 3.78. The summed E-state index contributed by atoms with van der Waals surface area (Å²) in [5, 5.41) is 9.43. The molecule has 1 aromatic carbocycles. The molecule has 1 aromatic rings. The second-order valence-electron chi connectivity index (χ2n) is 3.78. The molecule has 1 rings (SSSR count). The minimum atomic E-state index is -4.15. The molecule has 17 heavy (non-hydrogen) atoms. The van der Waals surface area contributed by atoms with E-state index in [1.165, 1.54) is 0 Å². The van der Waals surface area contributed by atoms with Crippen molar-refractivity contribution in [2.45, 2.75) is 32.0 Å². The lowest BCUT2D eigenvalue weighted by Crippen LogP contribution is -2.10. The van der Waals surface area contributed by atoms with E-state index < -0.39 is 18.7 Å². The number of hydrogen-bond donors (Lipinski definition) is 1. The van der Waals surface area contributed by atoms with Gasteiger partial charge in [-0.2, -0.15) is 13.2 Å². The van der Waals surface area contributed by atoms with E-state index in [1.807, 2.05) is 0 Å². The van der Waals surface area contributed by atoms with Gasteiger partial charge in [0.05, 0.1) is 12.7 Å². The van der Waals surface area contributed by atoms with Crippen LogP contribution >= 0.6 is 0 Å². The first-order valence-electron chi connectivity index (χ1n) is 5.36. The van der Waals surface area contributed by atoms with Gasteiger partial charge in [-0.3, -0.25) is 0 Å². The van der Waals surface area contributed by atoms with E-state index in [0.29, 0.717) is 11.3 Å². The Morgan fingerprint density at radius 3 is 2.53 bits per heavy atom. The molecule has 0 aromatic heterocycles. The third-order valence-electron chi connectivity index (χ3n) is 2.23. The highest BCUT2D eigenvalue weighted by molar-refractivity contribution is 5.34. The molecule has 0 heterocycles. The lowest BCUT2D eigenvalue weighted by Gasteiger charge is -2.13. The molecule has 0 aliphatic rings. The van der Waals surface area contributed by atoms with Crippen molar-refractivity contribution in [3.05, 3.63) is 29.8 Å². The smallest absolute Gasteiger partial charge is 0.389 e. The molecule has 5 heteroatoms. The highest BCUT2D eigenvalue weighted by Crippen LogP contribution is 2.25. The van der Waals surface area contributed by atoms with Crippen molar-refractivity contribution >= 4 is 0 Å². The van der Waals surface area contributed by atoms with Gasteiger partial charge in [0.15, 0.2) is 0 Å². The molecular weight excluding hydrogens is 233 g/mol. The highest BCUT2D eigenvalue weighted by Gasteiger charge is 2.26. The van der Waals surface area contributed by atoms with Gasteiger partial charge >= 0.3 is 6.18 Å². The average molecular weight is 248 g/mol. The fraction of sp³-hybridized carbons (Fsp3) is 0.500. The van der Waals surface area contributed by atoms with Crippen LogP contribution in [0.5, 0.6) is 5.75 Å². The van der Waals surface area contributed by atoms with Crippen molar-refractivity contribution in [1.29, 1.82) is 0 Å². The summed E-state index contributed by atoms with van der Waals surface area (Å²) in [6.45, 7) is 1.57. The van der Waals surface area contributed by atoms with Gasteiger partial charge in [-0.05, 0) is 19.4 Å². The number of rotatable bonds is 5. The summed E-state index contributed by atoms with van der Waals surface area (Å²) in [5.74, 6) is 0.435. The Kier molecular flexibility index (Phi) is 4.81. The van der Waals surface area contributed by atoms with Crippen LogP contribution in [0.1, 0.15) is 31.4 Å². The molecular formula is C12H15F3O2. The number of aliphatic hydroxyl groups is 1. The molecule has 0 aliphatic heterocycles. The normalized spacial score (nSPS) is 13.5. The number of halogens is 3. The van der Waals surface area contributed by atoms with Crippen LogP contribution in [0, 0.1) is 0 Å². The molecule has 0 spiro atoms. The Balaban J connectivity index is 2.47. The Hall–Kier alpha value is -1.23. The Morgan fingerprint density at radius 1 is 1.29 bits per heavy atom. The molecule has 0 amide bonds. The van der Waals surface area contributed by atoms with Gasteiger partial charge in [0.2, 0.25) is 0 Å². The van der Waals surface area contributed by atoms with Crippen LogP contribution in [0.4, 0.5) is 13.2 Å². The standard InChI is InChI=1S/C12H15F3O2/c1-9(16)10-5-2-3-6-11(10)17-8-4-7-12(13,14)15/h2-3,5-6,9,16H,4,7-8H2,1H3. The number of alkyl halides is 3. The van der Waals surface area contributed by atoms with Crippen molar-refractivity contribution in [3.8, 4) is 5.75 Å². The molecule has 0 fully saturated rings. The van der Waals surface area contributed by atoms with Crippen LogP contribution in [0.2, 0.25) is 0 Å². The lowest BCUT2D eigenvalue weighted by atomic mass is 10.1. The molecule has 1 atom stereocenters. The van der Waals surface area contributed by atoms with Gasteiger partial charge in [0.25, 0.3) is 0 Å². The summed E-state index contributed by atoms with van der Waals surface area (Å²) < 4.78 is 40.9. The van der Waals surface area contributed by atoms with E-state index in [0.717, 1.165) is 0 Å². The summed E-state index contributed by atoms with van der Waals surface area (Å²) >= 11 is 0. The van der Waals surface area contributed by atoms with E-state index in [-0.39, 0.29) is 13.0 Å². The molecule has 96 valence electrons.